The van der Waals surface area contributed by atoms with Crippen molar-refractivity contribution in [2.45, 2.75) is 13.3 Å². The van der Waals surface area contributed by atoms with Crippen molar-refractivity contribution in [3.8, 4) is 0 Å². The summed E-state index contributed by atoms with van der Waals surface area (Å²) in [5.74, 6) is -0.0679. The third kappa shape index (κ3) is 2.51. The minimum Gasteiger partial charge on any atom is -0.332 e. The van der Waals surface area contributed by atoms with E-state index in [1.807, 2.05) is 23.7 Å². The number of pyridine rings is 1. The van der Waals surface area contributed by atoms with Crippen molar-refractivity contribution >= 4 is 40.0 Å². The molecule has 0 aliphatic heterocycles. The monoisotopic (exact) mass is 332 g/mol. The normalized spacial score (nSPS) is 11.1. The first-order valence-electron chi connectivity index (χ1n) is 6.86. The Balaban J connectivity index is 2.10. The number of aryl methyl sites for hydroxylation is 1. The Morgan fingerprint density at radius 3 is 2.73 bits per heavy atom. The van der Waals surface area contributed by atoms with Crippen LogP contribution in [0.25, 0.3) is 11.0 Å². The molecule has 0 bridgehead atoms. The molecule has 2 aromatic heterocycles. The van der Waals surface area contributed by atoms with Crippen LogP contribution in [0, 0.1) is 0 Å². The van der Waals surface area contributed by atoms with Crippen LogP contribution in [0.1, 0.15) is 28.5 Å². The largest absolute Gasteiger partial charge is 0.332 e. The molecule has 0 fully saturated rings. The molecule has 2 heterocycles. The average Bonchev–Trinajstić information content (AvgIpc) is 2.80. The third-order valence-corrected chi connectivity index (χ3v) is 4.60. The van der Waals surface area contributed by atoms with Crippen LogP contribution in [0.4, 0.5) is 0 Å². The molecule has 112 valence electrons. The number of Topliss-reactive ketones (excluding diaryl/α,β-unsaturated/α-hetero) is 1. The van der Waals surface area contributed by atoms with E-state index in [1.54, 1.807) is 18.3 Å². The van der Waals surface area contributed by atoms with Crippen molar-refractivity contribution in [3.63, 3.8) is 0 Å². The van der Waals surface area contributed by atoms with E-state index in [2.05, 4.69) is 11.1 Å². The third-order valence-electron chi connectivity index (χ3n) is 3.81. The molecule has 0 aliphatic rings. The van der Waals surface area contributed by atoms with Crippen molar-refractivity contribution in [1.29, 1.82) is 0 Å². The van der Waals surface area contributed by atoms with Crippen LogP contribution >= 0.6 is 23.2 Å². The highest BCUT2D eigenvalue weighted by molar-refractivity contribution is 6.38. The first-order valence-corrected chi connectivity index (χ1v) is 7.61. The van der Waals surface area contributed by atoms with Gasteiger partial charge in [-0.05, 0) is 42.8 Å². The molecule has 0 aliphatic carbocycles. The van der Waals surface area contributed by atoms with Crippen LogP contribution in [0.2, 0.25) is 10.0 Å². The molecular formula is C17H14Cl2N2O. The van der Waals surface area contributed by atoms with E-state index in [0.29, 0.717) is 22.0 Å². The summed E-state index contributed by atoms with van der Waals surface area (Å²) in [5, 5.41) is 2.06. The van der Waals surface area contributed by atoms with E-state index < -0.39 is 0 Å². The fourth-order valence-electron chi connectivity index (χ4n) is 2.60. The predicted octanol–water partition coefficient (Wildman–Crippen LogP) is 4.67. The van der Waals surface area contributed by atoms with Gasteiger partial charge in [-0.2, -0.15) is 0 Å². The number of carbonyl (C=O) groups is 1. The van der Waals surface area contributed by atoms with Crippen LogP contribution in [-0.4, -0.2) is 15.3 Å². The van der Waals surface area contributed by atoms with E-state index in [-0.39, 0.29) is 5.78 Å². The van der Waals surface area contributed by atoms with Gasteiger partial charge in [-0.3, -0.25) is 4.79 Å². The Labute approximate surface area is 138 Å². The molecule has 0 spiro atoms. The maximum absolute atomic E-state index is 11.6. The lowest BCUT2D eigenvalue weighted by Gasteiger charge is -2.11. The molecule has 0 N–H and O–H groups in total. The van der Waals surface area contributed by atoms with Crippen LogP contribution in [0.15, 0.2) is 36.5 Å². The summed E-state index contributed by atoms with van der Waals surface area (Å²) in [6, 6.07) is 9.37. The summed E-state index contributed by atoms with van der Waals surface area (Å²) in [4.78, 5) is 16.0. The standard InChI is InChI=1S/C17H14Cl2N2O/c1-10(22)13-5-6-15(18)14(16(13)19)9-12-8-11-4-3-7-20-17(11)21(12)2/h3-8H,9H2,1-2H3. The fraction of sp³-hybridized carbons (Fsp3) is 0.176. The molecule has 1 aromatic carbocycles. The Morgan fingerprint density at radius 1 is 1.27 bits per heavy atom. The lowest BCUT2D eigenvalue weighted by Crippen LogP contribution is -2.02. The number of hydrogen-bond acceptors (Lipinski definition) is 2. The second-order valence-corrected chi connectivity index (χ2v) is 6.02. The van der Waals surface area contributed by atoms with Gasteiger partial charge in [0.15, 0.2) is 5.78 Å². The van der Waals surface area contributed by atoms with Gasteiger partial charge in [0, 0.05) is 41.3 Å². The number of halogens is 2. The molecule has 3 rings (SSSR count). The number of rotatable bonds is 3. The number of carbonyl (C=O) groups excluding carboxylic acids is 1. The molecule has 0 saturated heterocycles. The van der Waals surface area contributed by atoms with Crippen LogP contribution < -0.4 is 0 Å². The van der Waals surface area contributed by atoms with Crippen molar-refractivity contribution < 1.29 is 4.79 Å². The molecule has 3 nitrogen and oxygen atoms in total. The first kappa shape index (κ1) is 15.1. The number of aromatic nitrogens is 2. The number of hydrogen-bond donors (Lipinski definition) is 0. The SMILES string of the molecule is CC(=O)c1ccc(Cl)c(Cc2cc3cccnc3n2C)c1Cl. The van der Waals surface area contributed by atoms with Crippen LogP contribution in [0.5, 0.6) is 0 Å². The smallest absolute Gasteiger partial charge is 0.161 e. The lowest BCUT2D eigenvalue weighted by atomic mass is 10.0. The quantitative estimate of drug-likeness (QED) is 0.653. The summed E-state index contributed by atoms with van der Waals surface area (Å²) in [6.45, 7) is 1.50. The molecule has 0 amide bonds. The zero-order valence-electron chi connectivity index (χ0n) is 12.2. The Morgan fingerprint density at radius 2 is 2.05 bits per heavy atom. The van der Waals surface area contributed by atoms with Crippen LogP contribution in [0.3, 0.4) is 0 Å². The highest BCUT2D eigenvalue weighted by Crippen LogP contribution is 2.31. The van der Waals surface area contributed by atoms with Crippen molar-refractivity contribution in [3.05, 3.63) is 63.4 Å². The lowest BCUT2D eigenvalue weighted by molar-refractivity contribution is 0.101. The van der Waals surface area contributed by atoms with Gasteiger partial charge < -0.3 is 4.57 Å². The van der Waals surface area contributed by atoms with Gasteiger partial charge in [0.25, 0.3) is 0 Å². The Hall–Kier alpha value is -1.84. The maximum atomic E-state index is 11.6. The van der Waals surface area contributed by atoms with Gasteiger partial charge in [0.2, 0.25) is 0 Å². The zero-order chi connectivity index (χ0) is 15.9. The molecule has 5 heteroatoms. The van der Waals surface area contributed by atoms with Crippen molar-refractivity contribution in [2.24, 2.45) is 7.05 Å². The predicted molar refractivity (Wildman–Crippen MR) is 90.0 cm³/mol. The van der Waals surface area contributed by atoms with Crippen LogP contribution in [-0.2, 0) is 13.5 Å². The summed E-state index contributed by atoms with van der Waals surface area (Å²) >= 11 is 12.7. The minimum atomic E-state index is -0.0679. The van der Waals surface area contributed by atoms with Gasteiger partial charge in [0.05, 0.1) is 5.02 Å². The molecule has 0 radical (unpaired) electrons. The van der Waals surface area contributed by atoms with Crippen molar-refractivity contribution in [2.75, 3.05) is 0 Å². The second kappa shape index (κ2) is 5.75. The molecule has 0 unspecified atom stereocenters. The van der Waals surface area contributed by atoms with E-state index in [0.717, 1.165) is 22.3 Å². The topological polar surface area (TPSA) is 34.9 Å². The Kier molecular flexibility index (Phi) is 3.94. The Bertz CT molecular complexity index is 884. The summed E-state index contributed by atoms with van der Waals surface area (Å²) in [6.07, 6.45) is 2.31. The zero-order valence-corrected chi connectivity index (χ0v) is 13.7. The fourth-order valence-corrected chi connectivity index (χ4v) is 3.23. The van der Waals surface area contributed by atoms with Gasteiger partial charge in [0.1, 0.15) is 5.65 Å². The van der Waals surface area contributed by atoms with Gasteiger partial charge >= 0.3 is 0 Å². The number of fused-ring (bicyclic) bond motifs is 1. The summed E-state index contributed by atoms with van der Waals surface area (Å²) in [7, 11) is 1.96. The molecule has 3 aromatic rings. The van der Waals surface area contributed by atoms with E-state index in [1.165, 1.54) is 6.92 Å². The second-order valence-electron chi connectivity index (χ2n) is 5.23. The highest BCUT2D eigenvalue weighted by atomic mass is 35.5. The minimum absolute atomic E-state index is 0.0679. The molecule has 0 saturated carbocycles. The summed E-state index contributed by atoms with van der Waals surface area (Å²) in [5.41, 5.74) is 3.21. The number of nitrogens with zero attached hydrogens (tertiary/aromatic N) is 2. The van der Waals surface area contributed by atoms with Gasteiger partial charge in [-0.15, -0.1) is 0 Å². The summed E-state index contributed by atoms with van der Waals surface area (Å²) < 4.78 is 2.02. The number of ketones is 1. The van der Waals surface area contributed by atoms with E-state index >= 15 is 0 Å². The molecular weight excluding hydrogens is 319 g/mol. The van der Waals surface area contributed by atoms with E-state index in [9.17, 15) is 4.79 Å². The van der Waals surface area contributed by atoms with E-state index in [4.69, 9.17) is 23.2 Å². The first-order chi connectivity index (χ1) is 10.5. The number of benzene rings is 1. The van der Waals surface area contributed by atoms with Gasteiger partial charge in [-0.1, -0.05) is 23.2 Å². The maximum Gasteiger partial charge on any atom is 0.161 e. The molecule has 22 heavy (non-hydrogen) atoms. The highest BCUT2D eigenvalue weighted by Gasteiger charge is 2.16. The van der Waals surface area contributed by atoms with Gasteiger partial charge in [-0.25, -0.2) is 4.98 Å². The van der Waals surface area contributed by atoms with Crippen molar-refractivity contribution in [1.82, 2.24) is 9.55 Å². The molecule has 0 atom stereocenters. The average molecular weight is 333 g/mol.